The largest absolute Gasteiger partial charge is 0.489 e. The summed E-state index contributed by atoms with van der Waals surface area (Å²) in [5.74, 6) is 0.655. The van der Waals surface area contributed by atoms with Crippen molar-refractivity contribution < 1.29 is 18.3 Å². The number of imidazole rings is 1. The van der Waals surface area contributed by atoms with Crippen LogP contribution in [0.5, 0.6) is 11.5 Å². The lowest BCUT2D eigenvalue weighted by molar-refractivity contribution is 0.0817. The van der Waals surface area contributed by atoms with Gasteiger partial charge >= 0.3 is 0 Å². The zero-order chi connectivity index (χ0) is 25.8. The van der Waals surface area contributed by atoms with Crippen molar-refractivity contribution in [3.05, 3.63) is 66.7 Å². The molecule has 0 N–H and O–H groups in total. The van der Waals surface area contributed by atoms with Crippen molar-refractivity contribution in [2.45, 2.75) is 26.0 Å². The summed E-state index contributed by atoms with van der Waals surface area (Å²) < 4.78 is 39.6. The molecule has 186 valence electrons. The lowest BCUT2D eigenvalue weighted by atomic mass is 10.1. The molecule has 0 amide bonds. The molecule has 0 aliphatic carbocycles. The summed E-state index contributed by atoms with van der Waals surface area (Å²) in [4.78, 5) is 8.63. The van der Waals surface area contributed by atoms with Crippen LogP contribution in [0, 0.1) is 11.3 Å². The summed E-state index contributed by atoms with van der Waals surface area (Å²) in [6.45, 7) is 1.56. The molecule has 0 fully saturated rings. The highest BCUT2D eigenvalue weighted by Gasteiger charge is 2.19. The molecule has 5 aromatic rings. The molecule has 0 saturated heterocycles. The van der Waals surface area contributed by atoms with Gasteiger partial charge in [0.15, 0.2) is 5.65 Å². The molecular weight excluding hydrogens is 484 g/mol. The first kappa shape index (κ1) is 23.7. The van der Waals surface area contributed by atoms with Crippen LogP contribution in [0.2, 0.25) is 0 Å². The predicted octanol–water partition coefficient (Wildman–Crippen LogP) is 3.43. The van der Waals surface area contributed by atoms with Gasteiger partial charge in [-0.15, -0.1) is 5.10 Å². The second-order valence-electron chi connectivity index (χ2n) is 7.97. The molecule has 1 atom stereocenters. The van der Waals surface area contributed by atoms with E-state index < -0.39 is 13.0 Å². The first-order chi connectivity index (χ1) is 18.0. The Morgan fingerprint density at radius 3 is 2.81 bits per heavy atom. The normalized spacial score (nSPS) is 12.0. The minimum Gasteiger partial charge on any atom is -0.489 e. The number of fused-ring (bicyclic) bond motifs is 1. The number of alkyl halides is 2. The van der Waals surface area contributed by atoms with Crippen molar-refractivity contribution in [3.63, 3.8) is 0 Å². The number of aromatic nitrogens is 8. The van der Waals surface area contributed by atoms with Crippen molar-refractivity contribution >= 4 is 5.65 Å². The maximum atomic E-state index is 12.7. The zero-order valence-electron chi connectivity index (χ0n) is 19.4. The van der Waals surface area contributed by atoms with Gasteiger partial charge in [-0.1, -0.05) is 12.1 Å². The number of pyridine rings is 1. The van der Waals surface area contributed by atoms with Gasteiger partial charge in [0, 0.05) is 11.8 Å². The summed E-state index contributed by atoms with van der Waals surface area (Å²) in [6.07, 6.45) is 1.56. The topological polar surface area (TPSA) is 129 Å². The molecule has 0 radical (unpaired) electrons. The lowest BCUT2D eigenvalue weighted by Gasteiger charge is -2.15. The van der Waals surface area contributed by atoms with Gasteiger partial charge in [0.1, 0.15) is 53.6 Å². The van der Waals surface area contributed by atoms with Crippen LogP contribution in [-0.2, 0) is 6.54 Å². The smallest absolute Gasteiger partial charge is 0.272 e. The molecule has 1 aromatic carbocycles. The van der Waals surface area contributed by atoms with E-state index in [-0.39, 0.29) is 23.1 Å². The fraction of sp³-hybridized carbons (Fsp3) is 0.208. The zero-order valence-corrected chi connectivity index (χ0v) is 19.4. The van der Waals surface area contributed by atoms with Gasteiger partial charge in [0.2, 0.25) is 0 Å². The summed E-state index contributed by atoms with van der Waals surface area (Å²) >= 11 is 0. The predicted molar refractivity (Wildman–Crippen MR) is 126 cm³/mol. The Morgan fingerprint density at radius 1 is 1.14 bits per heavy atom. The van der Waals surface area contributed by atoms with E-state index in [1.165, 1.54) is 24.8 Å². The number of ether oxygens (including phenoxy) is 2. The lowest BCUT2D eigenvalue weighted by Crippen LogP contribution is -2.20. The van der Waals surface area contributed by atoms with Crippen molar-refractivity contribution in [2.24, 2.45) is 0 Å². The molecule has 0 bridgehead atoms. The summed E-state index contributed by atoms with van der Waals surface area (Å²) in [7, 11) is 0. The third-order valence-electron chi connectivity index (χ3n) is 5.30. The number of nitriles is 1. The van der Waals surface area contributed by atoms with Gasteiger partial charge in [-0.2, -0.15) is 10.4 Å². The molecule has 13 heteroatoms. The quantitative estimate of drug-likeness (QED) is 0.297. The fourth-order valence-electron chi connectivity index (χ4n) is 3.73. The van der Waals surface area contributed by atoms with Crippen LogP contribution in [0.25, 0.3) is 28.3 Å². The van der Waals surface area contributed by atoms with Gasteiger partial charge in [-0.05, 0) is 47.7 Å². The Morgan fingerprint density at radius 2 is 2.03 bits per heavy atom. The number of rotatable bonds is 9. The molecule has 0 saturated carbocycles. The number of tetrazole rings is 1. The molecule has 37 heavy (non-hydrogen) atoms. The van der Waals surface area contributed by atoms with Gasteiger partial charge in [0.25, 0.3) is 6.43 Å². The highest BCUT2D eigenvalue weighted by Crippen LogP contribution is 2.30. The van der Waals surface area contributed by atoms with E-state index in [9.17, 15) is 14.0 Å². The van der Waals surface area contributed by atoms with Gasteiger partial charge in [-0.25, -0.2) is 23.0 Å². The average Bonchev–Trinajstić information content (AvgIpc) is 3.56. The molecule has 4 aromatic heterocycles. The average molecular weight is 503 g/mol. The van der Waals surface area contributed by atoms with E-state index in [1.54, 1.807) is 15.3 Å². The second kappa shape index (κ2) is 10.3. The van der Waals surface area contributed by atoms with Gasteiger partial charge in [-0.3, -0.25) is 4.98 Å². The Kier molecular flexibility index (Phi) is 6.62. The third-order valence-corrected chi connectivity index (χ3v) is 5.30. The standard InChI is InChI=1S/C24H19F2N9O2/c1-15(12-34-14-30-32-33-34)37-17-4-2-3-16(9-17)19-5-6-23-29-11-20(35(23)31-19)24-18(10-27)21(7-8-28-24)36-13-22(25)26/h2-9,11,14-15,22H,12-13H2,1H3/t15-/m0/s1. The van der Waals surface area contributed by atoms with Crippen molar-refractivity contribution in [1.29, 1.82) is 5.26 Å². The third kappa shape index (κ3) is 5.18. The number of halogens is 2. The van der Waals surface area contributed by atoms with Crippen LogP contribution in [0.1, 0.15) is 12.5 Å². The molecule has 0 unspecified atom stereocenters. The summed E-state index contributed by atoms with van der Waals surface area (Å²) in [5, 5.41) is 25.5. The van der Waals surface area contributed by atoms with Gasteiger partial charge in [0.05, 0.1) is 18.4 Å². The van der Waals surface area contributed by atoms with E-state index in [0.717, 1.165) is 5.56 Å². The summed E-state index contributed by atoms with van der Waals surface area (Å²) in [6, 6.07) is 14.4. The van der Waals surface area contributed by atoms with E-state index in [0.29, 0.717) is 29.3 Å². The fourth-order valence-corrected chi connectivity index (χ4v) is 3.73. The highest BCUT2D eigenvalue weighted by atomic mass is 19.3. The number of hydrogen-bond donors (Lipinski definition) is 0. The monoisotopic (exact) mass is 503 g/mol. The Bertz CT molecular complexity index is 1560. The SMILES string of the molecule is C[C@@H](Cn1cnnn1)Oc1cccc(-c2ccc3ncc(-c4nccc(OCC(F)F)c4C#N)n3n2)c1. The first-order valence-electron chi connectivity index (χ1n) is 11.1. The molecule has 11 nitrogen and oxygen atoms in total. The van der Waals surface area contributed by atoms with Crippen LogP contribution >= 0.6 is 0 Å². The molecule has 0 spiro atoms. The van der Waals surface area contributed by atoms with Crippen LogP contribution in [-0.4, -0.2) is 58.9 Å². The number of benzene rings is 1. The van der Waals surface area contributed by atoms with Crippen molar-refractivity contribution in [2.75, 3.05) is 6.61 Å². The van der Waals surface area contributed by atoms with Crippen LogP contribution in [0.15, 0.2) is 61.2 Å². The molecule has 0 aliphatic heterocycles. The molecular formula is C24H19F2N9O2. The van der Waals surface area contributed by atoms with Crippen LogP contribution in [0.4, 0.5) is 8.78 Å². The van der Waals surface area contributed by atoms with E-state index >= 15 is 0 Å². The van der Waals surface area contributed by atoms with Crippen LogP contribution in [0.3, 0.4) is 0 Å². The van der Waals surface area contributed by atoms with E-state index in [2.05, 4.69) is 25.5 Å². The second-order valence-corrected chi connectivity index (χ2v) is 7.97. The summed E-state index contributed by atoms with van der Waals surface area (Å²) in [5.41, 5.74) is 2.58. The Balaban J connectivity index is 1.46. The Hall–Kier alpha value is -4.99. The van der Waals surface area contributed by atoms with E-state index in [4.69, 9.17) is 14.6 Å². The van der Waals surface area contributed by atoms with E-state index in [1.807, 2.05) is 43.3 Å². The number of nitrogens with zero attached hydrogens (tertiary/aromatic N) is 9. The minimum atomic E-state index is -2.68. The maximum absolute atomic E-state index is 12.7. The minimum absolute atomic E-state index is 0.0135. The maximum Gasteiger partial charge on any atom is 0.272 e. The highest BCUT2D eigenvalue weighted by molar-refractivity contribution is 5.70. The first-order valence-corrected chi connectivity index (χ1v) is 11.1. The Labute approximate surface area is 208 Å². The molecule has 0 aliphatic rings. The number of hydrogen-bond acceptors (Lipinski definition) is 9. The van der Waals surface area contributed by atoms with Crippen molar-refractivity contribution in [3.8, 4) is 40.2 Å². The van der Waals surface area contributed by atoms with Crippen molar-refractivity contribution in [1.82, 2.24) is 39.8 Å². The molecule has 5 rings (SSSR count). The van der Waals surface area contributed by atoms with Crippen LogP contribution < -0.4 is 9.47 Å². The van der Waals surface area contributed by atoms with Gasteiger partial charge < -0.3 is 9.47 Å². The molecule has 4 heterocycles.